The Morgan fingerprint density at radius 1 is 0.829 bits per heavy atom. The van der Waals surface area contributed by atoms with Crippen LogP contribution in [0.2, 0.25) is 0 Å². The van der Waals surface area contributed by atoms with Gasteiger partial charge < -0.3 is 5.32 Å². The number of benzene rings is 3. The molecule has 0 unspecified atom stereocenters. The van der Waals surface area contributed by atoms with Gasteiger partial charge in [-0.05, 0) is 40.7 Å². The van der Waals surface area contributed by atoms with Crippen molar-refractivity contribution >= 4 is 23.4 Å². The molecule has 0 saturated heterocycles. The monoisotopic (exact) mass is 484 g/mol. The van der Waals surface area contributed by atoms with Gasteiger partial charge in [-0.2, -0.15) is 0 Å². The summed E-state index contributed by atoms with van der Waals surface area (Å²) in [6.07, 6.45) is 0.662. The molecule has 0 spiro atoms. The van der Waals surface area contributed by atoms with Crippen LogP contribution in [0.5, 0.6) is 0 Å². The number of amides is 1. The van der Waals surface area contributed by atoms with Crippen molar-refractivity contribution in [3.8, 4) is 5.69 Å². The fourth-order valence-electron chi connectivity index (χ4n) is 4.12. The Hall–Kier alpha value is -3.38. The summed E-state index contributed by atoms with van der Waals surface area (Å²) < 4.78 is 2.05. The van der Waals surface area contributed by atoms with E-state index in [4.69, 9.17) is 0 Å². The Bertz CT molecular complexity index is 1240. The molecule has 5 nitrogen and oxygen atoms in total. The number of carbonyl (C=O) groups is 1. The average molecular weight is 485 g/mol. The van der Waals surface area contributed by atoms with Crippen molar-refractivity contribution in [2.75, 3.05) is 11.1 Å². The quantitative estimate of drug-likeness (QED) is 0.264. The van der Waals surface area contributed by atoms with Gasteiger partial charge in [0.05, 0.1) is 5.75 Å². The summed E-state index contributed by atoms with van der Waals surface area (Å²) >= 11 is 1.41. The van der Waals surface area contributed by atoms with Crippen LogP contribution in [-0.4, -0.2) is 26.4 Å². The van der Waals surface area contributed by atoms with Crippen molar-refractivity contribution in [2.24, 2.45) is 0 Å². The molecule has 0 saturated carbocycles. The van der Waals surface area contributed by atoms with Gasteiger partial charge in [0.15, 0.2) is 5.16 Å². The molecule has 3 aromatic carbocycles. The predicted molar refractivity (Wildman–Crippen MR) is 145 cm³/mol. The second-order valence-electron chi connectivity index (χ2n) is 9.19. The predicted octanol–water partition coefficient (Wildman–Crippen LogP) is 6.84. The number of nitrogens with zero attached hydrogens (tertiary/aromatic N) is 3. The molecule has 1 aromatic heterocycles. The van der Waals surface area contributed by atoms with E-state index in [1.807, 2.05) is 53.1 Å². The summed E-state index contributed by atoms with van der Waals surface area (Å²) in [6, 6.07) is 26.6. The molecule has 0 atom stereocenters. The molecule has 180 valence electrons. The Morgan fingerprint density at radius 2 is 1.43 bits per heavy atom. The number of hydrogen-bond donors (Lipinski definition) is 1. The van der Waals surface area contributed by atoms with E-state index < -0.39 is 0 Å². The van der Waals surface area contributed by atoms with Crippen molar-refractivity contribution in [3.05, 3.63) is 101 Å². The maximum atomic E-state index is 13.1. The van der Waals surface area contributed by atoms with E-state index in [1.165, 1.54) is 11.8 Å². The van der Waals surface area contributed by atoms with Crippen molar-refractivity contribution < 1.29 is 4.79 Å². The molecule has 0 aliphatic carbocycles. The number of para-hydroxylation sites is 2. The molecule has 6 heteroatoms. The smallest absolute Gasteiger partial charge is 0.234 e. The normalized spacial score (nSPS) is 11.3. The zero-order chi connectivity index (χ0) is 24.8. The van der Waals surface area contributed by atoms with Crippen LogP contribution in [0.1, 0.15) is 62.0 Å². The second-order valence-corrected chi connectivity index (χ2v) is 10.1. The minimum Gasteiger partial charge on any atom is -0.325 e. The summed E-state index contributed by atoms with van der Waals surface area (Å²) in [5, 5.41) is 12.8. The standard InChI is InChI=1S/C29H32N4OS/c1-20(2)24-16-11-17-25(21(3)4)28(24)30-27(34)19-35-29-32-31-26(18-22-12-7-5-8-13-22)33(29)23-14-9-6-10-15-23/h5-17,20-21H,18-19H2,1-4H3,(H,30,34). The number of thioether (sulfide) groups is 1. The molecule has 0 radical (unpaired) electrons. The van der Waals surface area contributed by atoms with Crippen LogP contribution in [0.25, 0.3) is 5.69 Å². The number of hydrogen-bond acceptors (Lipinski definition) is 4. The lowest BCUT2D eigenvalue weighted by Gasteiger charge is -2.20. The molecule has 4 rings (SSSR count). The fourth-order valence-corrected chi connectivity index (χ4v) is 4.89. The number of carbonyl (C=O) groups excluding carboxylic acids is 1. The minimum absolute atomic E-state index is 0.0442. The summed E-state index contributed by atoms with van der Waals surface area (Å²) in [6.45, 7) is 8.61. The molecule has 1 heterocycles. The zero-order valence-electron chi connectivity index (χ0n) is 20.7. The van der Waals surface area contributed by atoms with Crippen LogP contribution >= 0.6 is 11.8 Å². The third-order valence-electron chi connectivity index (χ3n) is 5.89. The molecule has 0 aliphatic heterocycles. The van der Waals surface area contributed by atoms with Gasteiger partial charge in [-0.1, -0.05) is 106 Å². The lowest BCUT2D eigenvalue weighted by atomic mass is 9.92. The van der Waals surface area contributed by atoms with Gasteiger partial charge in [0, 0.05) is 17.8 Å². The van der Waals surface area contributed by atoms with Crippen LogP contribution in [0.4, 0.5) is 5.69 Å². The minimum atomic E-state index is -0.0442. The first-order valence-corrected chi connectivity index (χ1v) is 13.0. The van der Waals surface area contributed by atoms with Crippen molar-refractivity contribution in [3.63, 3.8) is 0 Å². The largest absolute Gasteiger partial charge is 0.325 e. The molecular formula is C29H32N4OS. The molecule has 1 N–H and O–H groups in total. The third-order valence-corrected chi connectivity index (χ3v) is 6.82. The molecular weight excluding hydrogens is 452 g/mol. The highest BCUT2D eigenvalue weighted by Gasteiger charge is 2.19. The number of anilines is 1. The van der Waals surface area contributed by atoms with E-state index in [9.17, 15) is 4.79 Å². The highest BCUT2D eigenvalue weighted by Crippen LogP contribution is 2.33. The second kappa shape index (κ2) is 11.4. The van der Waals surface area contributed by atoms with Crippen LogP contribution in [0.15, 0.2) is 84.0 Å². The van der Waals surface area contributed by atoms with Gasteiger partial charge in [-0.25, -0.2) is 0 Å². The lowest BCUT2D eigenvalue weighted by Crippen LogP contribution is -2.18. The van der Waals surface area contributed by atoms with Crippen molar-refractivity contribution in [2.45, 2.75) is 51.1 Å². The zero-order valence-corrected chi connectivity index (χ0v) is 21.5. The SMILES string of the molecule is CC(C)c1cccc(C(C)C)c1NC(=O)CSc1nnc(Cc2ccccc2)n1-c1ccccc1. The molecule has 4 aromatic rings. The van der Waals surface area contributed by atoms with Gasteiger partial charge in [-0.15, -0.1) is 10.2 Å². The Morgan fingerprint density at radius 3 is 2.03 bits per heavy atom. The summed E-state index contributed by atoms with van der Waals surface area (Å²) in [4.78, 5) is 13.1. The van der Waals surface area contributed by atoms with Gasteiger partial charge in [-0.3, -0.25) is 9.36 Å². The van der Waals surface area contributed by atoms with Gasteiger partial charge in [0.1, 0.15) is 5.82 Å². The highest BCUT2D eigenvalue weighted by molar-refractivity contribution is 7.99. The lowest BCUT2D eigenvalue weighted by molar-refractivity contribution is -0.113. The summed E-state index contributed by atoms with van der Waals surface area (Å²) in [5.41, 5.74) is 5.41. The number of nitrogens with one attached hydrogen (secondary N) is 1. The number of rotatable bonds is 9. The molecule has 0 fully saturated rings. The number of aromatic nitrogens is 3. The van der Waals surface area contributed by atoms with E-state index in [2.05, 4.69) is 73.5 Å². The molecule has 0 aliphatic rings. The van der Waals surface area contributed by atoms with E-state index in [0.717, 1.165) is 33.9 Å². The molecule has 0 bridgehead atoms. The highest BCUT2D eigenvalue weighted by atomic mass is 32.2. The maximum absolute atomic E-state index is 13.1. The molecule has 35 heavy (non-hydrogen) atoms. The van der Waals surface area contributed by atoms with Crippen molar-refractivity contribution in [1.29, 1.82) is 0 Å². The summed E-state index contributed by atoms with van der Waals surface area (Å²) in [5.74, 6) is 1.69. The maximum Gasteiger partial charge on any atom is 0.234 e. The molecule has 1 amide bonds. The van der Waals surface area contributed by atoms with Crippen molar-refractivity contribution in [1.82, 2.24) is 14.8 Å². The van der Waals surface area contributed by atoms with Crippen LogP contribution in [-0.2, 0) is 11.2 Å². The Labute approximate surface area is 212 Å². The fraction of sp³-hybridized carbons (Fsp3) is 0.276. The first-order valence-electron chi connectivity index (χ1n) is 12.0. The Balaban J connectivity index is 1.56. The van der Waals surface area contributed by atoms with Crippen LogP contribution in [0, 0.1) is 0 Å². The van der Waals surface area contributed by atoms with Crippen LogP contribution in [0.3, 0.4) is 0 Å². The average Bonchev–Trinajstić information content (AvgIpc) is 3.26. The van der Waals surface area contributed by atoms with E-state index in [1.54, 1.807) is 0 Å². The van der Waals surface area contributed by atoms with Gasteiger partial charge in [0.25, 0.3) is 0 Å². The van der Waals surface area contributed by atoms with E-state index in [-0.39, 0.29) is 11.7 Å². The van der Waals surface area contributed by atoms with Crippen LogP contribution < -0.4 is 5.32 Å². The first kappa shape index (κ1) is 24.7. The summed E-state index contributed by atoms with van der Waals surface area (Å²) in [7, 11) is 0. The van der Waals surface area contributed by atoms with Gasteiger partial charge in [0.2, 0.25) is 5.91 Å². The third kappa shape index (κ3) is 6.01. The topological polar surface area (TPSA) is 59.8 Å². The first-order chi connectivity index (χ1) is 16.9. The van der Waals surface area contributed by atoms with Gasteiger partial charge >= 0.3 is 0 Å². The Kier molecular flexibility index (Phi) is 8.03. The van der Waals surface area contributed by atoms with E-state index >= 15 is 0 Å². The van der Waals surface area contributed by atoms with E-state index in [0.29, 0.717) is 23.4 Å².